The summed E-state index contributed by atoms with van der Waals surface area (Å²) in [4.78, 5) is 29.6. The van der Waals surface area contributed by atoms with Crippen LogP contribution in [0.25, 0.3) is 10.9 Å². The van der Waals surface area contributed by atoms with E-state index in [1.165, 1.54) is 4.57 Å². The minimum absolute atomic E-state index is 0.0756. The molecule has 3 rings (SSSR count). The van der Waals surface area contributed by atoms with Gasteiger partial charge in [0.05, 0.1) is 29.3 Å². The first-order valence-corrected chi connectivity index (χ1v) is 10.1. The highest BCUT2D eigenvalue weighted by Crippen LogP contribution is 2.21. The zero-order valence-corrected chi connectivity index (χ0v) is 17.0. The van der Waals surface area contributed by atoms with E-state index in [1.807, 2.05) is 31.2 Å². The maximum atomic E-state index is 12.8. The summed E-state index contributed by atoms with van der Waals surface area (Å²) in [6.07, 6.45) is -0.731. The van der Waals surface area contributed by atoms with Gasteiger partial charge >= 0.3 is 0 Å². The lowest BCUT2D eigenvalue weighted by atomic mass is 10.2. The lowest BCUT2D eigenvalue weighted by molar-refractivity contribution is -0.113. The number of fused-ring (bicyclic) bond motifs is 1. The molecule has 0 aliphatic heterocycles. The zero-order chi connectivity index (χ0) is 20.3. The minimum Gasteiger partial charge on any atom is -0.392 e. The molecule has 1 aromatic heterocycles. The molecule has 0 radical (unpaired) electrons. The Kier molecular flexibility index (Phi) is 6.39. The first-order valence-electron chi connectivity index (χ1n) is 8.71. The number of aryl methyl sites for hydroxylation is 1. The van der Waals surface area contributed by atoms with Gasteiger partial charge in [-0.05, 0) is 44.2 Å². The Balaban J connectivity index is 1.84. The van der Waals surface area contributed by atoms with Crippen LogP contribution in [-0.4, -0.2) is 32.4 Å². The third-order valence-electron chi connectivity index (χ3n) is 4.00. The van der Waals surface area contributed by atoms with E-state index in [1.54, 1.807) is 25.1 Å². The Morgan fingerprint density at radius 3 is 2.68 bits per heavy atom. The molecule has 0 spiro atoms. The normalized spacial score (nSPS) is 12.1. The molecule has 6 nitrogen and oxygen atoms in total. The van der Waals surface area contributed by atoms with Gasteiger partial charge in [-0.15, -0.1) is 0 Å². The van der Waals surface area contributed by atoms with Gasteiger partial charge in [-0.2, -0.15) is 0 Å². The molecule has 28 heavy (non-hydrogen) atoms. The average molecular weight is 418 g/mol. The number of hydrogen-bond acceptors (Lipinski definition) is 5. The molecule has 1 atom stereocenters. The van der Waals surface area contributed by atoms with Crippen molar-refractivity contribution in [3.8, 4) is 0 Å². The topological polar surface area (TPSA) is 84.2 Å². The van der Waals surface area contributed by atoms with Crippen LogP contribution in [0.5, 0.6) is 0 Å². The molecule has 2 aromatic carbocycles. The van der Waals surface area contributed by atoms with Crippen molar-refractivity contribution in [3.63, 3.8) is 0 Å². The minimum atomic E-state index is -0.731. The molecule has 0 bridgehead atoms. The largest absolute Gasteiger partial charge is 0.392 e. The van der Waals surface area contributed by atoms with E-state index in [4.69, 9.17) is 11.6 Å². The summed E-state index contributed by atoms with van der Waals surface area (Å²) in [5.74, 6) is -0.135. The molecule has 1 amide bonds. The van der Waals surface area contributed by atoms with Crippen LogP contribution in [0.2, 0.25) is 5.02 Å². The fraction of sp³-hybridized carbons (Fsp3) is 0.250. The lowest BCUT2D eigenvalue weighted by Crippen LogP contribution is -2.28. The molecule has 3 aromatic rings. The van der Waals surface area contributed by atoms with Gasteiger partial charge in [0.1, 0.15) is 0 Å². The molecular formula is C20H20ClN3O3S. The van der Waals surface area contributed by atoms with E-state index >= 15 is 0 Å². The van der Waals surface area contributed by atoms with Crippen molar-refractivity contribution in [3.05, 3.63) is 63.4 Å². The van der Waals surface area contributed by atoms with Crippen molar-refractivity contribution in [1.82, 2.24) is 9.55 Å². The Labute approximate surface area is 171 Å². The van der Waals surface area contributed by atoms with E-state index in [-0.39, 0.29) is 23.8 Å². The van der Waals surface area contributed by atoms with Crippen molar-refractivity contribution >= 4 is 45.9 Å². The van der Waals surface area contributed by atoms with Gasteiger partial charge in [-0.1, -0.05) is 41.1 Å². The van der Waals surface area contributed by atoms with Crippen LogP contribution in [0.15, 0.2) is 52.4 Å². The number of halogens is 1. The van der Waals surface area contributed by atoms with E-state index in [2.05, 4.69) is 10.3 Å². The van der Waals surface area contributed by atoms with Gasteiger partial charge in [0.25, 0.3) is 5.56 Å². The molecule has 0 saturated heterocycles. The quantitative estimate of drug-likeness (QED) is 0.474. The number of aliphatic hydroxyl groups is 1. The SMILES string of the molecule is Cc1ccc(NC(=O)CSc2nc3cc(Cl)ccc3c(=O)n2C[C@H](C)O)cc1. The van der Waals surface area contributed by atoms with Crippen molar-refractivity contribution in [2.24, 2.45) is 0 Å². The first kappa shape index (κ1) is 20.4. The smallest absolute Gasteiger partial charge is 0.262 e. The van der Waals surface area contributed by atoms with Crippen LogP contribution >= 0.6 is 23.4 Å². The van der Waals surface area contributed by atoms with Crippen molar-refractivity contribution in [2.75, 3.05) is 11.1 Å². The molecule has 0 unspecified atom stereocenters. The van der Waals surface area contributed by atoms with Crippen LogP contribution < -0.4 is 10.9 Å². The number of thioether (sulfide) groups is 1. The van der Waals surface area contributed by atoms with E-state index in [9.17, 15) is 14.7 Å². The number of anilines is 1. The Hall–Kier alpha value is -2.35. The molecular weight excluding hydrogens is 398 g/mol. The molecule has 0 fully saturated rings. The summed E-state index contributed by atoms with van der Waals surface area (Å²) in [5, 5.41) is 13.8. The third-order valence-corrected chi connectivity index (χ3v) is 5.21. The highest BCUT2D eigenvalue weighted by Gasteiger charge is 2.15. The monoisotopic (exact) mass is 417 g/mol. The van der Waals surface area contributed by atoms with Crippen LogP contribution in [0, 0.1) is 6.92 Å². The van der Waals surface area contributed by atoms with Gasteiger partial charge in [-0.3, -0.25) is 14.2 Å². The third kappa shape index (κ3) is 4.92. The van der Waals surface area contributed by atoms with E-state index in [0.717, 1.165) is 17.3 Å². The molecule has 8 heteroatoms. The maximum Gasteiger partial charge on any atom is 0.262 e. The summed E-state index contributed by atoms with van der Waals surface area (Å²) in [6.45, 7) is 3.66. The summed E-state index contributed by atoms with van der Waals surface area (Å²) < 4.78 is 1.39. The average Bonchev–Trinajstić information content (AvgIpc) is 2.64. The van der Waals surface area contributed by atoms with Crippen molar-refractivity contribution in [2.45, 2.75) is 31.7 Å². The van der Waals surface area contributed by atoms with E-state index < -0.39 is 6.10 Å². The first-order chi connectivity index (χ1) is 13.3. The fourth-order valence-electron chi connectivity index (χ4n) is 2.67. The predicted molar refractivity (Wildman–Crippen MR) is 113 cm³/mol. The zero-order valence-electron chi connectivity index (χ0n) is 15.5. The van der Waals surface area contributed by atoms with Crippen LogP contribution in [0.3, 0.4) is 0 Å². The Morgan fingerprint density at radius 1 is 1.29 bits per heavy atom. The molecule has 0 saturated carbocycles. The second-order valence-electron chi connectivity index (χ2n) is 6.52. The lowest BCUT2D eigenvalue weighted by Gasteiger charge is -2.14. The van der Waals surface area contributed by atoms with Gasteiger partial charge in [0.15, 0.2) is 5.16 Å². The number of rotatable bonds is 6. The van der Waals surface area contributed by atoms with Gasteiger partial charge < -0.3 is 10.4 Å². The van der Waals surface area contributed by atoms with Crippen molar-refractivity contribution < 1.29 is 9.90 Å². The second kappa shape index (κ2) is 8.77. The van der Waals surface area contributed by atoms with Crippen molar-refractivity contribution in [1.29, 1.82) is 0 Å². The number of aliphatic hydroxyl groups excluding tert-OH is 1. The second-order valence-corrected chi connectivity index (χ2v) is 7.90. The van der Waals surface area contributed by atoms with E-state index in [0.29, 0.717) is 26.8 Å². The number of carbonyl (C=O) groups excluding carboxylic acids is 1. The number of carbonyl (C=O) groups is 1. The van der Waals surface area contributed by atoms with Crippen LogP contribution in [0.1, 0.15) is 12.5 Å². The van der Waals surface area contributed by atoms with Gasteiger partial charge in [0.2, 0.25) is 5.91 Å². The maximum absolute atomic E-state index is 12.8. The fourth-order valence-corrected chi connectivity index (χ4v) is 3.65. The Bertz CT molecular complexity index is 1060. The highest BCUT2D eigenvalue weighted by molar-refractivity contribution is 7.99. The predicted octanol–water partition coefficient (Wildman–Crippen LogP) is 3.47. The number of hydrogen-bond donors (Lipinski definition) is 2. The molecule has 146 valence electrons. The number of nitrogens with one attached hydrogen (secondary N) is 1. The number of benzene rings is 2. The van der Waals surface area contributed by atoms with Gasteiger partial charge in [0, 0.05) is 10.7 Å². The number of nitrogens with zero attached hydrogens (tertiary/aromatic N) is 2. The standard InChI is InChI=1S/C20H20ClN3O3S/c1-12-3-6-15(7-4-12)22-18(26)11-28-20-23-17-9-14(21)5-8-16(17)19(27)24(20)10-13(2)25/h3-9,13,25H,10-11H2,1-2H3,(H,22,26)/t13-/m0/s1. The van der Waals surface area contributed by atoms with Gasteiger partial charge in [-0.25, -0.2) is 4.98 Å². The summed E-state index contributed by atoms with van der Waals surface area (Å²) >= 11 is 7.16. The summed E-state index contributed by atoms with van der Waals surface area (Å²) in [5.41, 5.74) is 1.99. The number of amides is 1. The molecule has 2 N–H and O–H groups in total. The van der Waals surface area contributed by atoms with Crippen LogP contribution in [0.4, 0.5) is 5.69 Å². The molecule has 0 aliphatic carbocycles. The molecule has 1 heterocycles. The van der Waals surface area contributed by atoms with Crippen LogP contribution in [-0.2, 0) is 11.3 Å². The Morgan fingerprint density at radius 2 is 2.00 bits per heavy atom. The number of aromatic nitrogens is 2. The summed E-state index contributed by atoms with van der Waals surface area (Å²) in [7, 11) is 0. The highest BCUT2D eigenvalue weighted by atomic mass is 35.5. The molecule has 0 aliphatic rings. The summed E-state index contributed by atoms with van der Waals surface area (Å²) in [6, 6.07) is 12.3.